The number of hydrogen-bond acceptors (Lipinski definition) is 4. The summed E-state index contributed by atoms with van der Waals surface area (Å²) in [5, 5.41) is 5.65. The Labute approximate surface area is 136 Å². The molecule has 0 aliphatic carbocycles. The lowest BCUT2D eigenvalue weighted by atomic mass is 9.96. The van der Waals surface area contributed by atoms with Crippen molar-refractivity contribution < 1.29 is 14.3 Å². The Bertz CT molecular complexity index is 542. The van der Waals surface area contributed by atoms with E-state index in [2.05, 4.69) is 15.6 Å². The SMILES string of the molecule is COCCNC(=O)N1CCC(C(=O)Nc2cccc(C)n2)CC1. The summed E-state index contributed by atoms with van der Waals surface area (Å²) in [6, 6.07) is 5.44. The molecule has 1 aromatic heterocycles. The fourth-order valence-electron chi connectivity index (χ4n) is 2.56. The summed E-state index contributed by atoms with van der Waals surface area (Å²) in [4.78, 5) is 30.2. The maximum absolute atomic E-state index is 12.3. The molecule has 0 saturated carbocycles. The first kappa shape index (κ1) is 17.2. The number of carbonyl (C=O) groups excluding carboxylic acids is 2. The lowest BCUT2D eigenvalue weighted by Gasteiger charge is -2.31. The number of piperidine rings is 1. The molecule has 2 rings (SSSR count). The van der Waals surface area contributed by atoms with Gasteiger partial charge in [-0.05, 0) is 31.9 Å². The monoisotopic (exact) mass is 320 g/mol. The maximum Gasteiger partial charge on any atom is 0.317 e. The largest absolute Gasteiger partial charge is 0.383 e. The third kappa shape index (κ3) is 5.21. The molecule has 1 aliphatic heterocycles. The second kappa shape index (κ2) is 8.47. The van der Waals surface area contributed by atoms with Gasteiger partial charge in [-0.3, -0.25) is 4.79 Å². The Balaban J connectivity index is 1.77. The molecule has 0 spiro atoms. The van der Waals surface area contributed by atoms with Gasteiger partial charge >= 0.3 is 6.03 Å². The quantitative estimate of drug-likeness (QED) is 0.803. The van der Waals surface area contributed by atoms with Crippen LogP contribution >= 0.6 is 0 Å². The molecule has 0 atom stereocenters. The van der Waals surface area contributed by atoms with Gasteiger partial charge in [0.1, 0.15) is 5.82 Å². The number of nitrogens with one attached hydrogen (secondary N) is 2. The van der Waals surface area contributed by atoms with Crippen LogP contribution in [0.15, 0.2) is 18.2 Å². The molecule has 7 nitrogen and oxygen atoms in total. The molecule has 2 N–H and O–H groups in total. The van der Waals surface area contributed by atoms with Crippen LogP contribution in [-0.2, 0) is 9.53 Å². The summed E-state index contributed by atoms with van der Waals surface area (Å²) in [7, 11) is 1.60. The summed E-state index contributed by atoms with van der Waals surface area (Å²) in [6.07, 6.45) is 1.32. The summed E-state index contributed by atoms with van der Waals surface area (Å²) in [5.74, 6) is 0.470. The van der Waals surface area contributed by atoms with Crippen LogP contribution < -0.4 is 10.6 Å². The zero-order chi connectivity index (χ0) is 16.7. The van der Waals surface area contributed by atoms with Crippen molar-refractivity contribution in [3.63, 3.8) is 0 Å². The van der Waals surface area contributed by atoms with Gasteiger partial charge in [-0.25, -0.2) is 9.78 Å². The normalized spacial score (nSPS) is 15.3. The van der Waals surface area contributed by atoms with E-state index in [1.165, 1.54) is 0 Å². The third-order valence-electron chi connectivity index (χ3n) is 3.87. The van der Waals surface area contributed by atoms with E-state index in [0.717, 1.165) is 5.69 Å². The maximum atomic E-state index is 12.3. The lowest BCUT2D eigenvalue weighted by Crippen LogP contribution is -2.46. The summed E-state index contributed by atoms with van der Waals surface area (Å²) < 4.78 is 4.90. The zero-order valence-electron chi connectivity index (χ0n) is 13.7. The summed E-state index contributed by atoms with van der Waals surface area (Å²) >= 11 is 0. The first-order valence-corrected chi connectivity index (χ1v) is 7.86. The van der Waals surface area contributed by atoms with Gasteiger partial charge in [0.15, 0.2) is 0 Å². The molecule has 0 aromatic carbocycles. The standard InChI is InChI=1S/C16H24N4O3/c1-12-4-3-5-14(18-12)19-15(21)13-6-9-20(10-7-13)16(22)17-8-11-23-2/h3-5,13H,6-11H2,1-2H3,(H,17,22)(H,18,19,21). The van der Waals surface area contributed by atoms with Gasteiger partial charge in [-0.2, -0.15) is 0 Å². The third-order valence-corrected chi connectivity index (χ3v) is 3.87. The molecular weight excluding hydrogens is 296 g/mol. The summed E-state index contributed by atoms with van der Waals surface area (Å²) in [6.45, 7) is 4.04. The molecule has 126 valence electrons. The molecule has 1 aromatic rings. The van der Waals surface area contributed by atoms with Gasteiger partial charge in [0.2, 0.25) is 5.91 Å². The Morgan fingerprint density at radius 1 is 1.35 bits per heavy atom. The van der Waals surface area contributed by atoms with Gasteiger partial charge in [-0.15, -0.1) is 0 Å². The minimum atomic E-state index is -0.0961. The van der Waals surface area contributed by atoms with E-state index < -0.39 is 0 Å². The number of likely N-dealkylation sites (tertiary alicyclic amines) is 1. The van der Waals surface area contributed by atoms with Crippen molar-refractivity contribution in [1.29, 1.82) is 0 Å². The number of rotatable bonds is 5. The van der Waals surface area contributed by atoms with Crippen molar-refractivity contribution in [3.05, 3.63) is 23.9 Å². The molecular formula is C16H24N4O3. The van der Waals surface area contributed by atoms with Crippen LogP contribution in [0.25, 0.3) is 0 Å². The van der Waals surface area contributed by atoms with Crippen molar-refractivity contribution in [2.24, 2.45) is 5.92 Å². The van der Waals surface area contributed by atoms with Crippen LogP contribution in [0, 0.1) is 12.8 Å². The van der Waals surface area contributed by atoms with E-state index in [0.29, 0.717) is 44.9 Å². The molecule has 0 radical (unpaired) electrons. The van der Waals surface area contributed by atoms with Crippen molar-refractivity contribution in [3.8, 4) is 0 Å². The van der Waals surface area contributed by atoms with Gasteiger partial charge in [0.25, 0.3) is 0 Å². The van der Waals surface area contributed by atoms with Crippen LogP contribution in [0.5, 0.6) is 0 Å². The molecule has 1 saturated heterocycles. The summed E-state index contributed by atoms with van der Waals surface area (Å²) in [5.41, 5.74) is 0.866. The lowest BCUT2D eigenvalue weighted by molar-refractivity contribution is -0.121. The van der Waals surface area contributed by atoms with Crippen LogP contribution in [0.2, 0.25) is 0 Å². The topological polar surface area (TPSA) is 83.6 Å². The van der Waals surface area contributed by atoms with E-state index in [1.54, 1.807) is 18.1 Å². The number of amides is 3. The van der Waals surface area contributed by atoms with E-state index in [9.17, 15) is 9.59 Å². The number of aromatic nitrogens is 1. The first-order chi connectivity index (χ1) is 11.1. The number of hydrogen-bond donors (Lipinski definition) is 2. The minimum absolute atomic E-state index is 0.0254. The fraction of sp³-hybridized carbons (Fsp3) is 0.562. The van der Waals surface area contributed by atoms with Crippen LogP contribution in [-0.4, -0.2) is 55.2 Å². The van der Waals surface area contributed by atoms with Crippen molar-refractivity contribution >= 4 is 17.8 Å². The zero-order valence-corrected chi connectivity index (χ0v) is 13.7. The molecule has 1 fully saturated rings. The predicted octanol–water partition coefficient (Wildman–Crippen LogP) is 1.40. The van der Waals surface area contributed by atoms with Gasteiger partial charge in [0, 0.05) is 38.4 Å². The van der Waals surface area contributed by atoms with Gasteiger partial charge < -0.3 is 20.3 Å². The number of carbonyl (C=O) groups is 2. The Morgan fingerprint density at radius 2 is 2.09 bits per heavy atom. The minimum Gasteiger partial charge on any atom is -0.383 e. The van der Waals surface area contributed by atoms with E-state index in [4.69, 9.17) is 4.74 Å². The number of methoxy groups -OCH3 is 1. The predicted molar refractivity (Wildman–Crippen MR) is 87.2 cm³/mol. The molecule has 0 bridgehead atoms. The van der Waals surface area contributed by atoms with Crippen LogP contribution in [0.4, 0.5) is 10.6 Å². The van der Waals surface area contributed by atoms with E-state index in [1.807, 2.05) is 19.1 Å². The molecule has 1 aliphatic rings. The van der Waals surface area contributed by atoms with E-state index in [-0.39, 0.29) is 17.9 Å². The first-order valence-electron chi connectivity index (χ1n) is 7.86. The molecule has 3 amide bonds. The molecule has 23 heavy (non-hydrogen) atoms. The van der Waals surface area contributed by atoms with Crippen LogP contribution in [0.1, 0.15) is 18.5 Å². The van der Waals surface area contributed by atoms with Crippen molar-refractivity contribution in [2.45, 2.75) is 19.8 Å². The Kier molecular flexibility index (Phi) is 6.34. The smallest absolute Gasteiger partial charge is 0.317 e. The number of anilines is 1. The Hall–Kier alpha value is -2.15. The second-order valence-electron chi connectivity index (χ2n) is 5.64. The second-order valence-corrected chi connectivity index (χ2v) is 5.64. The molecule has 7 heteroatoms. The highest BCUT2D eigenvalue weighted by Crippen LogP contribution is 2.19. The van der Waals surface area contributed by atoms with Crippen molar-refractivity contribution in [2.75, 3.05) is 38.7 Å². The number of urea groups is 1. The number of pyridine rings is 1. The van der Waals surface area contributed by atoms with E-state index >= 15 is 0 Å². The number of aryl methyl sites for hydroxylation is 1. The highest BCUT2D eigenvalue weighted by atomic mass is 16.5. The average Bonchev–Trinajstić information content (AvgIpc) is 2.55. The molecule has 2 heterocycles. The highest BCUT2D eigenvalue weighted by Gasteiger charge is 2.27. The Morgan fingerprint density at radius 3 is 2.74 bits per heavy atom. The highest BCUT2D eigenvalue weighted by molar-refractivity contribution is 5.91. The van der Waals surface area contributed by atoms with Gasteiger partial charge in [-0.1, -0.05) is 6.07 Å². The fourth-order valence-corrected chi connectivity index (χ4v) is 2.56. The number of ether oxygens (including phenoxy) is 1. The average molecular weight is 320 g/mol. The van der Waals surface area contributed by atoms with Gasteiger partial charge in [0.05, 0.1) is 6.61 Å². The van der Waals surface area contributed by atoms with Crippen molar-refractivity contribution in [1.82, 2.24) is 15.2 Å². The number of nitrogens with zero attached hydrogens (tertiary/aromatic N) is 2. The molecule has 0 unspecified atom stereocenters. The van der Waals surface area contributed by atoms with Crippen LogP contribution in [0.3, 0.4) is 0 Å².